The van der Waals surface area contributed by atoms with Gasteiger partial charge in [-0.3, -0.25) is 9.00 Å². The zero-order valence-corrected chi connectivity index (χ0v) is 6.82. The third-order valence-electron chi connectivity index (χ3n) is 1.04. The second-order valence-electron chi connectivity index (χ2n) is 1.95. The number of hydrogen-bond acceptors (Lipinski definition) is 4. The zero-order valence-electron chi connectivity index (χ0n) is 6.01. The van der Waals surface area contributed by atoms with Gasteiger partial charge in [0.2, 0.25) is 0 Å². The molecule has 0 bridgehead atoms. The molecule has 6 heteroatoms. The van der Waals surface area contributed by atoms with Gasteiger partial charge in [0.15, 0.2) is 5.03 Å². The molecular formula is C6H6N2O3S. The lowest BCUT2D eigenvalue weighted by atomic mass is 10.6. The molecule has 1 N–H and O–H groups in total. The minimum atomic E-state index is -1.59. The molecule has 0 aliphatic rings. The molecule has 1 atom stereocenters. The maximum absolute atomic E-state index is 11.1. The summed E-state index contributed by atoms with van der Waals surface area (Å²) < 4.78 is 11.1. The van der Waals surface area contributed by atoms with Crippen molar-refractivity contribution in [3.05, 3.63) is 18.3 Å². The van der Waals surface area contributed by atoms with Crippen LogP contribution in [-0.2, 0) is 15.6 Å². The van der Waals surface area contributed by atoms with E-state index in [-0.39, 0.29) is 5.03 Å². The fraction of sp³-hybridized carbons (Fsp3) is 0.167. The van der Waals surface area contributed by atoms with Crippen LogP contribution in [0.25, 0.3) is 0 Å². The highest BCUT2D eigenvalue weighted by molar-refractivity contribution is 7.85. The molecule has 0 aromatic carbocycles. The van der Waals surface area contributed by atoms with Crippen LogP contribution in [-0.4, -0.2) is 31.2 Å². The summed E-state index contributed by atoms with van der Waals surface area (Å²) in [6.45, 7) is 0. The molecular weight excluding hydrogens is 180 g/mol. The number of nitrogens with zero attached hydrogens (tertiary/aromatic N) is 2. The van der Waals surface area contributed by atoms with Gasteiger partial charge in [0, 0.05) is 6.20 Å². The van der Waals surface area contributed by atoms with Crippen molar-refractivity contribution in [1.82, 2.24) is 10.2 Å². The molecule has 5 nitrogen and oxygen atoms in total. The van der Waals surface area contributed by atoms with Crippen LogP contribution in [0.5, 0.6) is 0 Å². The summed E-state index contributed by atoms with van der Waals surface area (Å²) >= 11 is 0. The summed E-state index contributed by atoms with van der Waals surface area (Å²) in [5.74, 6) is -1.54. The van der Waals surface area contributed by atoms with E-state index in [0.29, 0.717) is 0 Å². The van der Waals surface area contributed by atoms with E-state index in [1.54, 1.807) is 6.07 Å². The van der Waals surface area contributed by atoms with Crippen molar-refractivity contribution < 1.29 is 14.1 Å². The Hall–Kier alpha value is -1.30. The molecule has 0 radical (unpaired) electrons. The van der Waals surface area contributed by atoms with Gasteiger partial charge in [0.1, 0.15) is 5.75 Å². The summed E-state index contributed by atoms with van der Waals surface area (Å²) in [5.41, 5.74) is 0. The summed E-state index contributed by atoms with van der Waals surface area (Å²) in [6, 6.07) is 3.04. The highest BCUT2D eigenvalue weighted by atomic mass is 32.2. The van der Waals surface area contributed by atoms with Crippen molar-refractivity contribution in [3.8, 4) is 0 Å². The average molecular weight is 186 g/mol. The number of aliphatic carboxylic acids is 1. The molecule has 0 fully saturated rings. The highest BCUT2D eigenvalue weighted by Crippen LogP contribution is 1.98. The number of hydrogen-bond donors (Lipinski definition) is 1. The number of carboxylic acid groups (broad SMARTS) is 1. The molecule has 1 unspecified atom stereocenters. The second kappa shape index (κ2) is 3.91. The maximum Gasteiger partial charge on any atom is 0.316 e. The van der Waals surface area contributed by atoms with Gasteiger partial charge in [0.25, 0.3) is 0 Å². The van der Waals surface area contributed by atoms with Crippen molar-refractivity contribution in [3.63, 3.8) is 0 Å². The van der Waals surface area contributed by atoms with Gasteiger partial charge >= 0.3 is 5.97 Å². The van der Waals surface area contributed by atoms with Crippen molar-refractivity contribution in [2.45, 2.75) is 5.03 Å². The minimum absolute atomic E-state index is 0.194. The summed E-state index contributed by atoms with van der Waals surface area (Å²) in [6.07, 6.45) is 1.43. The lowest BCUT2D eigenvalue weighted by Gasteiger charge is -1.94. The lowest BCUT2D eigenvalue weighted by Crippen LogP contribution is -2.10. The van der Waals surface area contributed by atoms with E-state index in [1.807, 2.05) is 0 Å². The van der Waals surface area contributed by atoms with Crippen LogP contribution in [0.1, 0.15) is 0 Å². The molecule has 1 heterocycles. The molecule has 0 amide bonds. The van der Waals surface area contributed by atoms with Crippen LogP contribution in [0.2, 0.25) is 0 Å². The third kappa shape index (κ3) is 2.39. The van der Waals surface area contributed by atoms with Crippen LogP contribution in [0.3, 0.4) is 0 Å². The SMILES string of the molecule is O=C(O)CS(=O)c1cccnn1. The molecule has 0 spiro atoms. The van der Waals surface area contributed by atoms with E-state index >= 15 is 0 Å². The smallest absolute Gasteiger partial charge is 0.316 e. The average Bonchev–Trinajstić information content (AvgIpc) is 2.05. The van der Waals surface area contributed by atoms with Gasteiger partial charge in [-0.05, 0) is 12.1 Å². The Kier molecular flexibility index (Phi) is 2.87. The van der Waals surface area contributed by atoms with Gasteiger partial charge in [-0.2, -0.15) is 5.10 Å². The summed E-state index contributed by atoms with van der Waals surface area (Å²) in [4.78, 5) is 10.1. The highest BCUT2D eigenvalue weighted by Gasteiger charge is 2.09. The Balaban J connectivity index is 2.73. The van der Waals surface area contributed by atoms with Crippen molar-refractivity contribution in [2.24, 2.45) is 0 Å². The van der Waals surface area contributed by atoms with Gasteiger partial charge in [-0.15, -0.1) is 5.10 Å². The van der Waals surface area contributed by atoms with E-state index in [4.69, 9.17) is 5.11 Å². The molecule has 0 aliphatic carbocycles. The molecule has 1 rings (SSSR count). The van der Waals surface area contributed by atoms with Crippen LogP contribution >= 0.6 is 0 Å². The van der Waals surface area contributed by atoms with E-state index < -0.39 is 22.5 Å². The Morgan fingerprint density at radius 3 is 2.92 bits per heavy atom. The zero-order chi connectivity index (χ0) is 8.97. The largest absolute Gasteiger partial charge is 0.481 e. The topological polar surface area (TPSA) is 80.1 Å². The Morgan fingerprint density at radius 1 is 1.67 bits per heavy atom. The normalized spacial score (nSPS) is 12.3. The van der Waals surface area contributed by atoms with Crippen molar-refractivity contribution >= 4 is 16.8 Å². The third-order valence-corrected chi connectivity index (χ3v) is 2.23. The van der Waals surface area contributed by atoms with Gasteiger partial charge in [-0.1, -0.05) is 0 Å². The Labute approximate surface area is 70.9 Å². The minimum Gasteiger partial charge on any atom is -0.481 e. The Bertz CT molecular complexity index is 301. The quantitative estimate of drug-likeness (QED) is 0.699. The molecule has 0 aliphatic heterocycles. The standard InChI is InChI=1S/C6H6N2O3S/c9-6(10)4-12(11)5-2-1-3-7-8-5/h1-3H,4H2,(H,9,10). The van der Waals surface area contributed by atoms with Crippen LogP contribution in [0.15, 0.2) is 23.4 Å². The first-order chi connectivity index (χ1) is 5.70. The summed E-state index contributed by atoms with van der Waals surface area (Å²) in [5, 5.41) is 15.5. The molecule has 64 valence electrons. The first kappa shape index (κ1) is 8.79. The first-order valence-corrected chi connectivity index (χ1v) is 4.40. The second-order valence-corrected chi connectivity index (χ2v) is 3.34. The number of carbonyl (C=O) groups is 1. The molecule has 1 aromatic heterocycles. The number of carboxylic acids is 1. The summed E-state index contributed by atoms with van der Waals surface area (Å²) in [7, 11) is -1.59. The van der Waals surface area contributed by atoms with E-state index in [2.05, 4.69) is 10.2 Å². The number of aromatic nitrogens is 2. The fourth-order valence-electron chi connectivity index (χ4n) is 0.595. The molecule has 12 heavy (non-hydrogen) atoms. The number of rotatable bonds is 3. The van der Waals surface area contributed by atoms with E-state index in [0.717, 1.165) is 0 Å². The first-order valence-electron chi connectivity index (χ1n) is 3.08. The maximum atomic E-state index is 11.1. The van der Waals surface area contributed by atoms with E-state index in [9.17, 15) is 9.00 Å². The van der Waals surface area contributed by atoms with Gasteiger partial charge < -0.3 is 5.11 Å². The van der Waals surface area contributed by atoms with Gasteiger partial charge in [-0.25, -0.2) is 0 Å². The van der Waals surface area contributed by atoms with Crippen molar-refractivity contribution in [1.29, 1.82) is 0 Å². The van der Waals surface area contributed by atoms with E-state index in [1.165, 1.54) is 12.3 Å². The predicted molar refractivity (Wildman–Crippen MR) is 40.9 cm³/mol. The van der Waals surface area contributed by atoms with Gasteiger partial charge in [0.05, 0.1) is 10.8 Å². The molecule has 0 saturated carbocycles. The molecule has 0 saturated heterocycles. The van der Waals surface area contributed by atoms with Crippen LogP contribution < -0.4 is 0 Å². The monoisotopic (exact) mass is 186 g/mol. The fourth-order valence-corrected chi connectivity index (χ4v) is 1.34. The lowest BCUT2D eigenvalue weighted by molar-refractivity contribution is -0.133. The van der Waals surface area contributed by atoms with Crippen LogP contribution in [0.4, 0.5) is 0 Å². The predicted octanol–water partition coefficient (Wildman–Crippen LogP) is -0.331. The Morgan fingerprint density at radius 2 is 2.42 bits per heavy atom. The molecule has 1 aromatic rings. The van der Waals surface area contributed by atoms with Crippen LogP contribution in [0, 0.1) is 0 Å². The van der Waals surface area contributed by atoms with Crippen molar-refractivity contribution in [2.75, 3.05) is 5.75 Å².